The molecule has 4 heterocycles. The average molecular weight is 504 g/mol. The molecule has 8 heteroatoms. The van der Waals surface area contributed by atoms with Gasteiger partial charge in [0, 0.05) is 54.2 Å². The first-order valence-corrected chi connectivity index (χ1v) is 12.4. The predicted molar refractivity (Wildman–Crippen MR) is 143 cm³/mol. The maximum absolute atomic E-state index is 13.7. The van der Waals surface area contributed by atoms with Crippen LogP contribution in [0.15, 0.2) is 59.4 Å². The third kappa shape index (κ3) is 4.55. The highest BCUT2D eigenvalue weighted by molar-refractivity contribution is 6.30. The van der Waals surface area contributed by atoms with Crippen molar-refractivity contribution >= 4 is 34.4 Å². The molecule has 5 rings (SSSR count). The number of amides is 1. The summed E-state index contributed by atoms with van der Waals surface area (Å²) in [5.41, 5.74) is 3.47. The number of nitrogens with zero attached hydrogens (tertiary/aromatic N) is 5. The molecule has 0 saturated carbocycles. The largest absolute Gasteiger partial charge is 0.449 e. The van der Waals surface area contributed by atoms with Gasteiger partial charge in [-0.25, -0.2) is 9.97 Å². The Kier molecular flexibility index (Phi) is 5.99. The molecule has 0 radical (unpaired) electrons. The van der Waals surface area contributed by atoms with E-state index in [0.29, 0.717) is 41.5 Å². The maximum Gasteiger partial charge on any atom is 0.290 e. The Labute approximate surface area is 216 Å². The molecule has 1 amide bonds. The normalized spacial score (nSPS) is 15.9. The number of carbonyl (C=O) groups excluding carboxylic acids is 1. The molecule has 0 aliphatic carbocycles. The number of furan rings is 1. The van der Waals surface area contributed by atoms with Crippen LogP contribution in [0.3, 0.4) is 0 Å². The van der Waals surface area contributed by atoms with E-state index in [2.05, 4.69) is 49.5 Å². The molecule has 0 N–H and O–H groups in total. The lowest BCUT2D eigenvalue weighted by molar-refractivity contribution is 0.0483. The van der Waals surface area contributed by atoms with E-state index in [9.17, 15) is 4.79 Å². The molecule has 0 atom stereocenters. The van der Waals surface area contributed by atoms with Crippen LogP contribution in [-0.4, -0.2) is 50.9 Å². The van der Waals surface area contributed by atoms with E-state index >= 15 is 0 Å². The Hall–Kier alpha value is -3.45. The van der Waals surface area contributed by atoms with Crippen molar-refractivity contribution in [1.82, 2.24) is 19.9 Å². The van der Waals surface area contributed by atoms with Gasteiger partial charge in [0.25, 0.3) is 5.91 Å². The zero-order valence-electron chi connectivity index (χ0n) is 21.2. The predicted octanol–water partition coefficient (Wildman–Crippen LogP) is 5.98. The van der Waals surface area contributed by atoms with Crippen LogP contribution in [0.5, 0.6) is 0 Å². The summed E-state index contributed by atoms with van der Waals surface area (Å²) in [6.07, 6.45) is 5.10. The van der Waals surface area contributed by atoms with E-state index in [-0.39, 0.29) is 11.3 Å². The summed E-state index contributed by atoms with van der Waals surface area (Å²) in [7, 11) is 0. The number of pyridine rings is 1. The smallest absolute Gasteiger partial charge is 0.290 e. The van der Waals surface area contributed by atoms with E-state index in [1.807, 2.05) is 35.2 Å². The fourth-order valence-corrected chi connectivity index (χ4v) is 4.89. The second-order valence-corrected chi connectivity index (χ2v) is 11.3. The molecule has 1 fully saturated rings. The van der Waals surface area contributed by atoms with E-state index in [1.54, 1.807) is 24.7 Å². The standard InChI is InChI=1S/C28H30ClN5O2/c1-27(2,3)20-14-21(18-6-8-19(29)9-7-18)32-22-15-23(36-25(20)22)26(35)34-13-12-33(17-28(34,4)5)24-16-30-10-11-31-24/h6-11,14-16H,12-13,17H2,1-5H3. The summed E-state index contributed by atoms with van der Waals surface area (Å²) in [6.45, 7) is 12.4. The second-order valence-electron chi connectivity index (χ2n) is 10.9. The van der Waals surface area contributed by atoms with Gasteiger partial charge in [-0.15, -0.1) is 0 Å². The number of hydrogen-bond acceptors (Lipinski definition) is 6. The first-order chi connectivity index (χ1) is 17.0. The number of hydrogen-bond donors (Lipinski definition) is 0. The fraction of sp³-hybridized carbons (Fsp3) is 0.357. The summed E-state index contributed by atoms with van der Waals surface area (Å²) in [4.78, 5) is 31.2. The van der Waals surface area contributed by atoms with Crippen LogP contribution in [0.1, 0.15) is 50.7 Å². The molecule has 186 valence electrons. The second kappa shape index (κ2) is 8.89. The Morgan fingerprint density at radius 2 is 1.83 bits per heavy atom. The summed E-state index contributed by atoms with van der Waals surface area (Å²) in [5.74, 6) is 0.983. The number of aromatic nitrogens is 3. The zero-order chi connectivity index (χ0) is 25.7. The van der Waals surface area contributed by atoms with Gasteiger partial charge >= 0.3 is 0 Å². The molecule has 1 saturated heterocycles. The molecule has 0 unspecified atom stereocenters. The molecule has 1 aromatic carbocycles. The minimum absolute atomic E-state index is 0.135. The first kappa shape index (κ1) is 24.3. The number of carbonyl (C=O) groups is 1. The van der Waals surface area contributed by atoms with Gasteiger partial charge in [-0.1, -0.05) is 44.5 Å². The number of halogens is 1. The number of piperazine rings is 1. The van der Waals surface area contributed by atoms with Crippen molar-refractivity contribution in [2.75, 3.05) is 24.5 Å². The monoisotopic (exact) mass is 503 g/mol. The SMILES string of the molecule is CC(C)(C)c1cc(-c2ccc(Cl)cc2)nc2cc(C(=O)N3CCN(c4cnccn4)CC3(C)C)oc12. The Morgan fingerprint density at radius 3 is 2.47 bits per heavy atom. The van der Waals surface area contributed by atoms with Crippen molar-refractivity contribution in [3.05, 3.63) is 71.3 Å². The van der Waals surface area contributed by atoms with Crippen molar-refractivity contribution in [3.63, 3.8) is 0 Å². The van der Waals surface area contributed by atoms with Crippen molar-refractivity contribution in [2.24, 2.45) is 0 Å². The van der Waals surface area contributed by atoms with Gasteiger partial charge in [-0.3, -0.25) is 9.78 Å². The van der Waals surface area contributed by atoms with Crippen LogP contribution in [-0.2, 0) is 5.41 Å². The molecule has 36 heavy (non-hydrogen) atoms. The highest BCUT2D eigenvalue weighted by atomic mass is 35.5. The molecule has 0 spiro atoms. The van der Waals surface area contributed by atoms with Crippen LogP contribution < -0.4 is 4.90 Å². The van der Waals surface area contributed by atoms with Crippen LogP contribution in [0.25, 0.3) is 22.4 Å². The van der Waals surface area contributed by atoms with Gasteiger partial charge < -0.3 is 14.2 Å². The summed E-state index contributed by atoms with van der Waals surface area (Å²) in [5, 5.41) is 0.675. The first-order valence-electron chi connectivity index (χ1n) is 12.1. The highest BCUT2D eigenvalue weighted by Gasteiger charge is 2.39. The van der Waals surface area contributed by atoms with Gasteiger partial charge in [0.2, 0.25) is 0 Å². The van der Waals surface area contributed by atoms with Crippen LogP contribution >= 0.6 is 11.6 Å². The lowest BCUT2D eigenvalue weighted by Crippen LogP contribution is -2.61. The van der Waals surface area contributed by atoms with E-state index < -0.39 is 5.54 Å². The van der Waals surface area contributed by atoms with Crippen LogP contribution in [0.4, 0.5) is 5.82 Å². The Bertz CT molecular complexity index is 1410. The summed E-state index contributed by atoms with van der Waals surface area (Å²) in [6, 6.07) is 11.4. The molecule has 3 aromatic heterocycles. The number of rotatable bonds is 3. The lowest BCUT2D eigenvalue weighted by Gasteiger charge is -2.47. The van der Waals surface area contributed by atoms with E-state index in [0.717, 1.165) is 22.6 Å². The fourth-order valence-electron chi connectivity index (χ4n) is 4.77. The van der Waals surface area contributed by atoms with Gasteiger partial charge in [0.1, 0.15) is 11.3 Å². The highest BCUT2D eigenvalue weighted by Crippen LogP contribution is 2.36. The molecule has 4 aromatic rings. The number of fused-ring (bicyclic) bond motifs is 1. The van der Waals surface area contributed by atoms with E-state index in [4.69, 9.17) is 21.0 Å². The molecule has 1 aliphatic rings. The summed E-state index contributed by atoms with van der Waals surface area (Å²) >= 11 is 6.09. The third-order valence-electron chi connectivity index (χ3n) is 6.66. The molecule has 7 nitrogen and oxygen atoms in total. The minimum Gasteiger partial charge on any atom is -0.449 e. The van der Waals surface area contributed by atoms with Gasteiger partial charge in [0.05, 0.1) is 17.4 Å². The van der Waals surface area contributed by atoms with Crippen LogP contribution in [0, 0.1) is 0 Å². The van der Waals surface area contributed by atoms with Crippen molar-refractivity contribution in [2.45, 2.75) is 45.6 Å². The Morgan fingerprint density at radius 1 is 1.08 bits per heavy atom. The molecular formula is C28H30ClN5O2. The molecule has 1 aliphatic heterocycles. The van der Waals surface area contributed by atoms with Gasteiger partial charge in [0.15, 0.2) is 11.3 Å². The lowest BCUT2D eigenvalue weighted by atomic mass is 9.86. The van der Waals surface area contributed by atoms with Crippen LogP contribution in [0.2, 0.25) is 5.02 Å². The van der Waals surface area contributed by atoms with Crippen molar-refractivity contribution in [1.29, 1.82) is 0 Å². The topological polar surface area (TPSA) is 75.4 Å². The van der Waals surface area contributed by atoms with Crippen molar-refractivity contribution in [3.8, 4) is 11.3 Å². The van der Waals surface area contributed by atoms with E-state index in [1.165, 1.54) is 0 Å². The van der Waals surface area contributed by atoms with Crippen molar-refractivity contribution < 1.29 is 9.21 Å². The minimum atomic E-state index is -0.430. The number of anilines is 1. The average Bonchev–Trinajstić information content (AvgIpc) is 3.27. The zero-order valence-corrected chi connectivity index (χ0v) is 22.0. The number of benzene rings is 1. The third-order valence-corrected chi connectivity index (χ3v) is 6.91. The quantitative estimate of drug-likeness (QED) is 0.342. The maximum atomic E-state index is 13.7. The molecular weight excluding hydrogens is 474 g/mol. The summed E-state index contributed by atoms with van der Waals surface area (Å²) < 4.78 is 6.24. The molecule has 0 bridgehead atoms. The van der Waals surface area contributed by atoms with Gasteiger partial charge in [-0.05, 0) is 37.5 Å². The van der Waals surface area contributed by atoms with Gasteiger partial charge in [-0.2, -0.15) is 0 Å². The Balaban J connectivity index is 1.50.